The summed E-state index contributed by atoms with van der Waals surface area (Å²) in [4.78, 5) is 12.9. The molecule has 0 aromatic heterocycles. The molecule has 7 atom stereocenters. The van der Waals surface area contributed by atoms with Crippen molar-refractivity contribution < 1.29 is 39.8 Å². The van der Waals surface area contributed by atoms with E-state index in [1.165, 1.54) is 161 Å². The van der Waals surface area contributed by atoms with Crippen LogP contribution in [-0.2, 0) is 14.3 Å². The first-order chi connectivity index (χ1) is 32.3. The molecule has 1 heterocycles. The van der Waals surface area contributed by atoms with Crippen molar-refractivity contribution in [3.05, 3.63) is 60.8 Å². The van der Waals surface area contributed by atoms with Crippen LogP contribution in [0, 0.1) is 0 Å². The fourth-order valence-corrected chi connectivity index (χ4v) is 8.40. The van der Waals surface area contributed by atoms with Crippen molar-refractivity contribution in [2.24, 2.45) is 0 Å². The van der Waals surface area contributed by atoms with E-state index in [2.05, 4.69) is 67.8 Å². The van der Waals surface area contributed by atoms with Crippen molar-refractivity contribution in [3.63, 3.8) is 0 Å². The number of carbonyl (C=O) groups is 1. The molecule has 1 saturated heterocycles. The third kappa shape index (κ3) is 36.0. The smallest absolute Gasteiger partial charge is 0.220 e. The number of allylic oxidation sites excluding steroid dienone is 9. The predicted molar refractivity (Wildman–Crippen MR) is 276 cm³/mol. The lowest BCUT2D eigenvalue weighted by Gasteiger charge is -2.40. The van der Waals surface area contributed by atoms with E-state index >= 15 is 0 Å². The van der Waals surface area contributed by atoms with Crippen LogP contribution in [0.2, 0.25) is 0 Å². The monoisotopic (exact) mass is 930 g/mol. The van der Waals surface area contributed by atoms with Gasteiger partial charge in [-0.25, -0.2) is 0 Å². The van der Waals surface area contributed by atoms with E-state index in [4.69, 9.17) is 9.47 Å². The van der Waals surface area contributed by atoms with Gasteiger partial charge in [0.15, 0.2) is 6.29 Å². The Bertz CT molecular complexity index is 1220. The summed E-state index contributed by atoms with van der Waals surface area (Å²) in [5.74, 6) is -0.189. The van der Waals surface area contributed by atoms with E-state index in [0.717, 1.165) is 57.8 Å². The third-order valence-corrected chi connectivity index (χ3v) is 12.8. The zero-order valence-corrected chi connectivity index (χ0v) is 42.4. The highest BCUT2D eigenvalue weighted by atomic mass is 16.7. The van der Waals surface area contributed by atoms with Crippen LogP contribution < -0.4 is 5.32 Å². The van der Waals surface area contributed by atoms with Crippen LogP contribution in [0.25, 0.3) is 0 Å². The van der Waals surface area contributed by atoms with Crippen molar-refractivity contribution in [1.29, 1.82) is 0 Å². The summed E-state index contributed by atoms with van der Waals surface area (Å²) < 4.78 is 11.2. The molecule has 0 radical (unpaired) electrons. The summed E-state index contributed by atoms with van der Waals surface area (Å²) in [6, 6.07) is -0.819. The maximum Gasteiger partial charge on any atom is 0.220 e. The van der Waals surface area contributed by atoms with Gasteiger partial charge in [0.25, 0.3) is 0 Å². The van der Waals surface area contributed by atoms with E-state index in [1.807, 2.05) is 6.08 Å². The Hall–Kier alpha value is -2.11. The molecule has 384 valence electrons. The predicted octanol–water partition coefficient (Wildman–Crippen LogP) is 13.1. The summed E-state index contributed by atoms with van der Waals surface area (Å²) in [5, 5.41) is 54.0. The second kappa shape index (κ2) is 46.6. The van der Waals surface area contributed by atoms with Crippen molar-refractivity contribution in [2.75, 3.05) is 13.2 Å². The zero-order chi connectivity index (χ0) is 48.0. The van der Waals surface area contributed by atoms with E-state index in [1.54, 1.807) is 6.08 Å². The molecule has 66 heavy (non-hydrogen) atoms. The minimum absolute atomic E-state index is 0.189. The molecule has 0 aromatic carbocycles. The van der Waals surface area contributed by atoms with Crippen molar-refractivity contribution in [2.45, 2.75) is 281 Å². The molecule has 0 bridgehead atoms. The van der Waals surface area contributed by atoms with Gasteiger partial charge in [-0.3, -0.25) is 4.79 Å². The average Bonchev–Trinajstić information content (AvgIpc) is 3.32. The number of rotatable bonds is 46. The Morgan fingerprint density at radius 3 is 1.42 bits per heavy atom. The molecule has 1 aliphatic heterocycles. The Morgan fingerprint density at radius 2 is 0.924 bits per heavy atom. The summed E-state index contributed by atoms with van der Waals surface area (Å²) in [5.41, 5.74) is 0. The van der Waals surface area contributed by atoms with E-state index in [-0.39, 0.29) is 12.5 Å². The van der Waals surface area contributed by atoms with Gasteiger partial charge in [0.1, 0.15) is 24.4 Å². The molecular weight excluding hydrogens is 827 g/mol. The third-order valence-electron chi connectivity index (χ3n) is 12.8. The first-order valence-electron chi connectivity index (χ1n) is 27.5. The summed E-state index contributed by atoms with van der Waals surface area (Å²) in [7, 11) is 0. The maximum atomic E-state index is 12.9. The Balaban J connectivity index is 2.04. The van der Waals surface area contributed by atoms with Crippen LogP contribution in [0.3, 0.4) is 0 Å². The minimum Gasteiger partial charge on any atom is -0.394 e. The number of aliphatic hydroxyl groups is 5. The van der Waals surface area contributed by atoms with Gasteiger partial charge in [-0.1, -0.05) is 229 Å². The highest BCUT2D eigenvalue weighted by Gasteiger charge is 2.44. The van der Waals surface area contributed by atoms with Gasteiger partial charge in [-0.15, -0.1) is 0 Å². The molecule has 1 fully saturated rings. The molecule has 1 rings (SSSR count). The van der Waals surface area contributed by atoms with Crippen molar-refractivity contribution >= 4 is 5.91 Å². The van der Waals surface area contributed by atoms with Crippen LogP contribution in [0.4, 0.5) is 0 Å². The average molecular weight is 930 g/mol. The largest absolute Gasteiger partial charge is 0.394 e. The summed E-state index contributed by atoms with van der Waals surface area (Å²) in [6.07, 6.45) is 56.2. The Morgan fingerprint density at radius 1 is 0.515 bits per heavy atom. The SMILES string of the molecule is CCCC/C=C/CC/C=C/C(O)C(COC1OC(CO)C(O)C(O)C1O)NC(=O)CCCCCCCCCCCCCCCCCCCCCC/C=C\C/C=C\C/C=C\CCCCCCC. The summed E-state index contributed by atoms with van der Waals surface area (Å²) in [6.45, 7) is 3.67. The second-order valence-corrected chi connectivity index (χ2v) is 19.0. The number of unbranched alkanes of at least 4 members (excludes halogenated alkanes) is 28. The number of aliphatic hydroxyl groups excluding tert-OH is 5. The van der Waals surface area contributed by atoms with E-state index in [0.29, 0.717) is 6.42 Å². The first-order valence-corrected chi connectivity index (χ1v) is 27.5. The molecule has 1 amide bonds. The Labute approximate surface area is 405 Å². The molecule has 1 aliphatic rings. The topological polar surface area (TPSA) is 149 Å². The van der Waals surface area contributed by atoms with Gasteiger partial charge < -0.3 is 40.3 Å². The van der Waals surface area contributed by atoms with Crippen molar-refractivity contribution in [1.82, 2.24) is 5.32 Å². The number of hydrogen-bond acceptors (Lipinski definition) is 8. The van der Waals surface area contributed by atoms with Crippen LogP contribution in [0.5, 0.6) is 0 Å². The van der Waals surface area contributed by atoms with Crippen LogP contribution in [-0.4, -0.2) is 87.5 Å². The number of amides is 1. The molecule has 6 N–H and O–H groups in total. The lowest BCUT2D eigenvalue weighted by Crippen LogP contribution is -2.60. The minimum atomic E-state index is -1.57. The molecule has 9 nitrogen and oxygen atoms in total. The van der Waals surface area contributed by atoms with Gasteiger partial charge in [0.05, 0.1) is 25.4 Å². The number of nitrogens with one attached hydrogen (secondary N) is 1. The molecule has 7 unspecified atom stereocenters. The van der Waals surface area contributed by atoms with Crippen molar-refractivity contribution in [3.8, 4) is 0 Å². The fourth-order valence-electron chi connectivity index (χ4n) is 8.40. The van der Waals surface area contributed by atoms with E-state index in [9.17, 15) is 30.3 Å². The Kier molecular flexibility index (Phi) is 43.7. The first kappa shape index (κ1) is 61.9. The van der Waals surface area contributed by atoms with Gasteiger partial charge >= 0.3 is 0 Å². The van der Waals surface area contributed by atoms with Gasteiger partial charge in [0.2, 0.25) is 5.91 Å². The van der Waals surface area contributed by atoms with Gasteiger partial charge in [0, 0.05) is 6.42 Å². The fraction of sp³-hybridized carbons (Fsp3) is 0.807. The van der Waals surface area contributed by atoms with Crippen LogP contribution >= 0.6 is 0 Å². The van der Waals surface area contributed by atoms with Gasteiger partial charge in [-0.05, 0) is 64.2 Å². The lowest BCUT2D eigenvalue weighted by atomic mass is 9.99. The quantitative estimate of drug-likeness (QED) is 0.0261. The highest BCUT2D eigenvalue weighted by molar-refractivity contribution is 5.76. The maximum absolute atomic E-state index is 12.9. The second-order valence-electron chi connectivity index (χ2n) is 19.0. The highest BCUT2D eigenvalue weighted by Crippen LogP contribution is 2.23. The molecular formula is C57H103NO8. The molecule has 0 aromatic rings. The lowest BCUT2D eigenvalue weighted by molar-refractivity contribution is -0.302. The molecule has 0 saturated carbocycles. The normalized spacial score (nSPS) is 20.3. The molecule has 0 spiro atoms. The zero-order valence-electron chi connectivity index (χ0n) is 42.4. The molecule has 9 heteroatoms. The number of hydrogen-bond donors (Lipinski definition) is 6. The number of ether oxygens (including phenoxy) is 2. The van der Waals surface area contributed by atoms with Crippen LogP contribution in [0.15, 0.2) is 60.8 Å². The summed E-state index contributed by atoms with van der Waals surface area (Å²) >= 11 is 0. The van der Waals surface area contributed by atoms with Gasteiger partial charge in [-0.2, -0.15) is 0 Å². The van der Waals surface area contributed by atoms with E-state index < -0.39 is 49.5 Å². The standard InChI is InChI=1S/C57H103NO8/c1-3-5-7-9-11-13-14-15-16-17-18-19-20-21-22-23-24-25-26-27-28-29-30-31-32-33-34-35-36-37-38-39-41-43-45-47-53(61)58-50(51(60)46-44-42-40-12-10-8-6-4-2)49-65-57-56(64)55(63)54(62)52(48-59)66-57/h10,12,14-15,17-18,20-21,44,46,50-52,54-57,59-60,62-64H,3-9,11,13,16,19,22-43,45,47-49H2,1-2H3,(H,58,61)/b12-10+,15-14-,18-17-,21-20-,46-44+. The van der Waals surface area contributed by atoms with Crippen LogP contribution in [0.1, 0.15) is 239 Å². The number of carbonyl (C=O) groups excluding carboxylic acids is 1. The molecule has 0 aliphatic carbocycles.